The summed E-state index contributed by atoms with van der Waals surface area (Å²) in [6.45, 7) is 3.81. The minimum Gasteiger partial charge on any atom is -0.341 e. The van der Waals surface area contributed by atoms with Gasteiger partial charge in [0.05, 0.1) is 16.6 Å². The van der Waals surface area contributed by atoms with E-state index in [1.54, 1.807) is 0 Å². The van der Waals surface area contributed by atoms with Gasteiger partial charge in [-0.1, -0.05) is 42.5 Å². The molecule has 2 N–H and O–H groups in total. The average molecular weight is 462 g/mol. The zero-order chi connectivity index (χ0) is 23.6. The van der Waals surface area contributed by atoms with Gasteiger partial charge < -0.3 is 10.6 Å². The molecule has 1 fully saturated rings. The predicted molar refractivity (Wildman–Crippen MR) is 138 cm³/mol. The Hall–Kier alpha value is -3.84. The van der Waals surface area contributed by atoms with Gasteiger partial charge in [0.1, 0.15) is 0 Å². The fourth-order valence-corrected chi connectivity index (χ4v) is 5.95. The van der Waals surface area contributed by atoms with Crippen LogP contribution in [0.3, 0.4) is 0 Å². The van der Waals surface area contributed by atoms with Crippen LogP contribution < -0.4 is 10.6 Å². The van der Waals surface area contributed by atoms with Crippen LogP contribution in [-0.2, 0) is 6.42 Å². The third kappa shape index (κ3) is 3.22. The summed E-state index contributed by atoms with van der Waals surface area (Å²) in [5, 5.41) is 6.82. The smallest absolute Gasteiger partial charge is 0.227 e. The van der Waals surface area contributed by atoms with Crippen LogP contribution in [0.5, 0.6) is 0 Å². The lowest BCUT2D eigenvalue weighted by Crippen LogP contribution is -2.44. The highest BCUT2D eigenvalue weighted by atomic mass is 15.3. The second-order valence-electron chi connectivity index (χ2n) is 10.0. The number of benzene rings is 2. The lowest BCUT2D eigenvalue weighted by atomic mass is 9.73. The monoisotopic (exact) mass is 461 g/mol. The molecule has 0 bridgehead atoms. The van der Waals surface area contributed by atoms with Crippen LogP contribution in [-0.4, -0.2) is 37.8 Å². The van der Waals surface area contributed by atoms with Crippen molar-refractivity contribution in [3.8, 4) is 5.69 Å². The molecule has 7 nitrogen and oxygen atoms in total. The molecule has 2 aromatic carbocycles. The summed E-state index contributed by atoms with van der Waals surface area (Å²) >= 11 is 0. The van der Waals surface area contributed by atoms with Crippen LogP contribution in [0.15, 0.2) is 67.0 Å². The Kier molecular flexibility index (Phi) is 4.45. The summed E-state index contributed by atoms with van der Waals surface area (Å²) in [5.74, 6) is 0.744. The van der Waals surface area contributed by atoms with Gasteiger partial charge in [-0.15, -0.1) is 5.10 Å². The van der Waals surface area contributed by atoms with Crippen molar-refractivity contribution in [3.63, 3.8) is 0 Å². The van der Waals surface area contributed by atoms with E-state index < -0.39 is 0 Å². The second kappa shape index (κ2) is 7.58. The van der Waals surface area contributed by atoms with E-state index >= 15 is 0 Å². The number of rotatable bonds is 2. The first-order chi connectivity index (χ1) is 17.1. The molecule has 1 saturated heterocycles. The van der Waals surface area contributed by atoms with Gasteiger partial charge in [-0.25, -0.2) is 9.67 Å². The molecular weight excluding hydrogens is 434 g/mol. The van der Waals surface area contributed by atoms with Crippen LogP contribution in [0, 0.1) is 12.3 Å². The maximum absolute atomic E-state index is 6.75. The number of pyridine rings is 1. The van der Waals surface area contributed by atoms with Crippen molar-refractivity contribution in [2.24, 2.45) is 11.1 Å². The van der Waals surface area contributed by atoms with Crippen molar-refractivity contribution >= 4 is 27.9 Å². The van der Waals surface area contributed by atoms with E-state index in [-0.39, 0.29) is 11.5 Å². The van der Waals surface area contributed by atoms with Crippen LogP contribution in [0.25, 0.3) is 27.6 Å². The number of hydrogen-bond donors (Lipinski definition) is 1. The van der Waals surface area contributed by atoms with E-state index in [4.69, 9.17) is 25.8 Å². The number of aryl methyl sites for hydroxylation is 1. The molecule has 1 aliphatic heterocycles. The van der Waals surface area contributed by atoms with Crippen LogP contribution >= 0.6 is 0 Å². The molecule has 4 heterocycles. The molecule has 1 atom stereocenters. The molecule has 1 spiro atoms. The first-order valence-corrected chi connectivity index (χ1v) is 12.3. The molecule has 0 unspecified atom stereocenters. The minimum atomic E-state index is 0.109. The van der Waals surface area contributed by atoms with Crippen molar-refractivity contribution in [3.05, 3.63) is 83.8 Å². The zero-order valence-electron chi connectivity index (χ0n) is 19.7. The van der Waals surface area contributed by atoms with Crippen LogP contribution in [0.1, 0.15) is 35.7 Å². The molecule has 174 valence electrons. The van der Waals surface area contributed by atoms with E-state index in [9.17, 15) is 0 Å². The normalized spacial score (nSPS) is 19.0. The first kappa shape index (κ1) is 20.5. The molecule has 35 heavy (non-hydrogen) atoms. The minimum absolute atomic E-state index is 0.109. The van der Waals surface area contributed by atoms with Gasteiger partial charge in [-0.05, 0) is 54.9 Å². The maximum Gasteiger partial charge on any atom is 0.227 e. The standard InChI is InChI=1S/C28H27N7/c1-18-9-10-19-6-4-8-23(24(19)31-18)35-17-21-16-30-27(32-26(21)33-35)34-13-11-28(12-14-34)15-20-5-2-3-7-22(20)25(28)29/h2-10,16-17,25H,11-15,29H2,1H3/t25-/m1/s1. The molecule has 3 aromatic heterocycles. The molecular formula is C28H27N7. The van der Waals surface area contributed by atoms with Crippen LogP contribution in [0.2, 0.25) is 0 Å². The van der Waals surface area contributed by atoms with Gasteiger partial charge in [-0.2, -0.15) is 4.98 Å². The van der Waals surface area contributed by atoms with E-state index in [0.717, 1.165) is 66.0 Å². The largest absolute Gasteiger partial charge is 0.341 e. The fraction of sp³-hybridized carbons (Fsp3) is 0.286. The quantitative estimate of drug-likeness (QED) is 0.416. The van der Waals surface area contributed by atoms with Gasteiger partial charge in [-0.3, -0.25) is 4.98 Å². The van der Waals surface area contributed by atoms with Crippen molar-refractivity contribution < 1.29 is 0 Å². The van der Waals surface area contributed by atoms with E-state index in [0.29, 0.717) is 5.65 Å². The third-order valence-corrected chi connectivity index (χ3v) is 7.97. The number of fused-ring (bicyclic) bond motifs is 3. The molecule has 0 saturated carbocycles. The van der Waals surface area contributed by atoms with Gasteiger partial charge in [0.15, 0.2) is 5.65 Å². The van der Waals surface area contributed by atoms with Crippen molar-refractivity contribution in [2.45, 2.75) is 32.2 Å². The Morgan fingerprint density at radius 3 is 2.66 bits per heavy atom. The molecule has 7 heteroatoms. The highest BCUT2D eigenvalue weighted by Crippen LogP contribution is 2.50. The second-order valence-corrected chi connectivity index (χ2v) is 10.0. The molecule has 2 aliphatic rings. The van der Waals surface area contributed by atoms with Crippen molar-refractivity contribution in [2.75, 3.05) is 18.0 Å². The highest BCUT2D eigenvalue weighted by molar-refractivity contribution is 5.87. The summed E-state index contributed by atoms with van der Waals surface area (Å²) < 4.78 is 1.87. The topological polar surface area (TPSA) is 85.8 Å². The summed E-state index contributed by atoms with van der Waals surface area (Å²) in [4.78, 5) is 16.6. The number of nitrogens with zero attached hydrogens (tertiary/aromatic N) is 6. The highest BCUT2D eigenvalue weighted by Gasteiger charge is 2.46. The Morgan fingerprint density at radius 1 is 0.943 bits per heavy atom. The Labute approximate surface area is 203 Å². The Morgan fingerprint density at radius 2 is 1.80 bits per heavy atom. The summed E-state index contributed by atoms with van der Waals surface area (Å²) in [5.41, 5.74) is 13.2. The summed E-state index contributed by atoms with van der Waals surface area (Å²) in [7, 11) is 0. The lowest BCUT2D eigenvalue weighted by Gasteiger charge is -2.42. The number of anilines is 1. The molecule has 0 radical (unpaired) electrons. The molecule has 0 amide bonds. The first-order valence-electron chi connectivity index (χ1n) is 12.3. The van der Waals surface area contributed by atoms with Crippen LogP contribution in [0.4, 0.5) is 5.95 Å². The number of nitrogens with two attached hydrogens (primary N) is 1. The molecule has 1 aliphatic carbocycles. The number of piperidine rings is 1. The van der Waals surface area contributed by atoms with Gasteiger partial charge in [0.2, 0.25) is 5.95 Å². The maximum atomic E-state index is 6.75. The van der Waals surface area contributed by atoms with Gasteiger partial charge in [0.25, 0.3) is 0 Å². The number of hydrogen-bond acceptors (Lipinski definition) is 6. The van der Waals surface area contributed by atoms with Gasteiger partial charge >= 0.3 is 0 Å². The zero-order valence-corrected chi connectivity index (χ0v) is 19.7. The average Bonchev–Trinajstić information content (AvgIpc) is 3.43. The summed E-state index contributed by atoms with van der Waals surface area (Å²) in [6, 6.07) is 19.0. The van der Waals surface area contributed by atoms with Crippen molar-refractivity contribution in [1.82, 2.24) is 24.7 Å². The lowest BCUT2D eigenvalue weighted by molar-refractivity contribution is 0.187. The van der Waals surface area contributed by atoms with E-state index in [1.807, 2.05) is 42.2 Å². The van der Waals surface area contributed by atoms with Crippen molar-refractivity contribution in [1.29, 1.82) is 0 Å². The molecule has 7 rings (SSSR count). The third-order valence-electron chi connectivity index (χ3n) is 7.97. The van der Waals surface area contributed by atoms with E-state index in [2.05, 4.69) is 41.3 Å². The van der Waals surface area contributed by atoms with E-state index in [1.165, 1.54) is 11.1 Å². The number of para-hydroxylation sites is 1. The predicted octanol–water partition coefficient (Wildman–Crippen LogP) is 4.51. The Bertz CT molecular complexity index is 1580. The number of aromatic nitrogens is 5. The molecule has 5 aromatic rings. The SMILES string of the molecule is Cc1ccc2cccc(-n3cc4cnc(N5CCC6(CC5)Cc5ccccc5[C@H]6N)nc4n3)c2n1. The van der Waals surface area contributed by atoms with Gasteiger partial charge in [0, 0.05) is 42.6 Å². The fourth-order valence-electron chi connectivity index (χ4n) is 5.95. The Balaban J connectivity index is 1.16. The summed E-state index contributed by atoms with van der Waals surface area (Å²) in [6.07, 6.45) is 7.02.